The third-order valence-electron chi connectivity index (χ3n) is 3.04. The van der Waals surface area contributed by atoms with Crippen molar-refractivity contribution in [2.24, 2.45) is 0 Å². The highest BCUT2D eigenvalue weighted by molar-refractivity contribution is 7.89. The molecule has 5 nitrogen and oxygen atoms in total. The van der Waals surface area contributed by atoms with Crippen LogP contribution in [0, 0.1) is 13.8 Å². The number of aryl methyl sites for hydroxylation is 2. The molecule has 3 N–H and O–H groups in total. The third kappa shape index (κ3) is 3.15. The van der Waals surface area contributed by atoms with Gasteiger partial charge in [0.2, 0.25) is 10.0 Å². The Bertz CT molecular complexity index is 727. The Balaban J connectivity index is 2.22. The maximum absolute atomic E-state index is 12.3. The average Bonchev–Trinajstić information content (AvgIpc) is 2.37. The molecule has 0 aliphatic rings. The minimum absolute atomic E-state index is 0.165. The first kappa shape index (κ1) is 14.5. The normalized spacial score (nSPS) is 11.5. The van der Waals surface area contributed by atoms with Gasteiger partial charge in [0.1, 0.15) is 0 Å². The molecule has 6 heteroatoms. The van der Waals surface area contributed by atoms with Crippen LogP contribution in [0.3, 0.4) is 0 Å². The maximum Gasteiger partial charge on any atom is 0.241 e. The van der Waals surface area contributed by atoms with Gasteiger partial charge in [0.25, 0.3) is 0 Å². The van der Waals surface area contributed by atoms with Gasteiger partial charge < -0.3 is 5.73 Å². The van der Waals surface area contributed by atoms with Crippen molar-refractivity contribution in [3.63, 3.8) is 0 Å². The van der Waals surface area contributed by atoms with E-state index in [4.69, 9.17) is 5.73 Å². The number of nitrogens with zero attached hydrogens (tertiary/aromatic N) is 1. The fourth-order valence-electron chi connectivity index (χ4n) is 1.92. The van der Waals surface area contributed by atoms with E-state index in [2.05, 4.69) is 9.71 Å². The zero-order valence-corrected chi connectivity index (χ0v) is 12.2. The highest BCUT2D eigenvalue weighted by Gasteiger charge is 2.17. The van der Waals surface area contributed by atoms with E-state index in [-0.39, 0.29) is 11.4 Å². The lowest BCUT2D eigenvalue weighted by atomic mass is 10.2. The van der Waals surface area contributed by atoms with Crippen LogP contribution in [-0.2, 0) is 16.6 Å². The second kappa shape index (κ2) is 5.60. The summed E-state index contributed by atoms with van der Waals surface area (Å²) in [6.45, 7) is 3.78. The molecule has 0 radical (unpaired) electrons. The molecule has 0 saturated carbocycles. The van der Waals surface area contributed by atoms with Crippen LogP contribution in [0.4, 0.5) is 5.69 Å². The van der Waals surface area contributed by atoms with E-state index < -0.39 is 10.0 Å². The monoisotopic (exact) mass is 291 g/mol. The molecule has 0 spiro atoms. The largest absolute Gasteiger partial charge is 0.399 e. The molecule has 1 heterocycles. The smallest absolute Gasteiger partial charge is 0.241 e. The summed E-state index contributed by atoms with van der Waals surface area (Å²) in [4.78, 5) is 4.40. The molecule has 0 aliphatic heterocycles. The van der Waals surface area contributed by atoms with Crippen molar-refractivity contribution in [1.82, 2.24) is 9.71 Å². The van der Waals surface area contributed by atoms with Gasteiger partial charge in [-0.15, -0.1) is 0 Å². The van der Waals surface area contributed by atoms with E-state index in [1.54, 1.807) is 25.3 Å². The summed E-state index contributed by atoms with van der Waals surface area (Å²) in [5.74, 6) is 0. The van der Waals surface area contributed by atoms with E-state index in [0.717, 1.165) is 5.56 Å². The maximum atomic E-state index is 12.3. The second-order valence-corrected chi connectivity index (χ2v) is 6.35. The Morgan fingerprint density at radius 3 is 2.60 bits per heavy atom. The Morgan fingerprint density at radius 2 is 1.95 bits per heavy atom. The lowest BCUT2D eigenvalue weighted by Gasteiger charge is -2.10. The summed E-state index contributed by atoms with van der Waals surface area (Å²) >= 11 is 0. The highest BCUT2D eigenvalue weighted by Crippen LogP contribution is 2.18. The summed E-state index contributed by atoms with van der Waals surface area (Å²) in [7, 11) is -3.57. The van der Waals surface area contributed by atoms with Gasteiger partial charge in [-0.2, -0.15) is 0 Å². The second-order valence-electron chi connectivity index (χ2n) is 4.62. The van der Waals surface area contributed by atoms with Crippen LogP contribution in [0.5, 0.6) is 0 Å². The van der Waals surface area contributed by atoms with Gasteiger partial charge in [0.05, 0.1) is 17.1 Å². The Morgan fingerprint density at radius 1 is 1.20 bits per heavy atom. The number of pyridine rings is 1. The van der Waals surface area contributed by atoms with E-state index >= 15 is 0 Å². The summed E-state index contributed by atoms with van der Waals surface area (Å²) in [6.07, 6.45) is 1.64. The van der Waals surface area contributed by atoms with E-state index in [9.17, 15) is 8.42 Å². The van der Waals surface area contributed by atoms with Gasteiger partial charge in [-0.3, -0.25) is 4.98 Å². The number of aromatic nitrogens is 1. The summed E-state index contributed by atoms with van der Waals surface area (Å²) in [5.41, 5.74) is 8.46. The number of anilines is 1. The molecule has 2 aromatic rings. The molecule has 0 bridgehead atoms. The number of benzene rings is 1. The fraction of sp³-hybridized carbons (Fsp3) is 0.214. The molecular formula is C14H17N3O2S. The lowest BCUT2D eigenvalue weighted by molar-refractivity contribution is 0.579. The average molecular weight is 291 g/mol. The molecule has 20 heavy (non-hydrogen) atoms. The third-order valence-corrected chi connectivity index (χ3v) is 4.60. The first-order valence-electron chi connectivity index (χ1n) is 6.16. The number of nitrogens with two attached hydrogens (primary N) is 1. The molecular weight excluding hydrogens is 274 g/mol. The number of hydrogen-bond donors (Lipinski definition) is 2. The zero-order valence-electron chi connectivity index (χ0n) is 11.4. The molecule has 1 aromatic carbocycles. The van der Waals surface area contributed by atoms with Crippen molar-refractivity contribution in [3.8, 4) is 0 Å². The molecule has 0 amide bonds. The number of nitrogen functional groups attached to an aromatic ring is 1. The fourth-order valence-corrected chi connectivity index (χ4v) is 3.13. The van der Waals surface area contributed by atoms with Gasteiger partial charge >= 0.3 is 0 Å². The van der Waals surface area contributed by atoms with Crippen LogP contribution in [0.15, 0.2) is 41.4 Å². The van der Waals surface area contributed by atoms with Gasteiger partial charge in [-0.1, -0.05) is 6.07 Å². The van der Waals surface area contributed by atoms with Crippen LogP contribution >= 0.6 is 0 Å². The standard InChI is InChI=1S/C14H17N3O2S/c1-10-4-3-7-16-13(10)9-17-20(18,19)14-6-5-12(15)8-11(14)2/h3-8,17H,9,15H2,1-2H3. The lowest BCUT2D eigenvalue weighted by Crippen LogP contribution is -2.24. The van der Waals surface area contributed by atoms with Crippen LogP contribution < -0.4 is 10.5 Å². The van der Waals surface area contributed by atoms with Crippen LogP contribution in [-0.4, -0.2) is 13.4 Å². The van der Waals surface area contributed by atoms with Crippen LogP contribution in [0.2, 0.25) is 0 Å². The van der Waals surface area contributed by atoms with Crippen molar-refractivity contribution in [2.75, 3.05) is 5.73 Å². The number of rotatable bonds is 4. The van der Waals surface area contributed by atoms with Gasteiger partial charge in [0, 0.05) is 11.9 Å². The summed E-state index contributed by atoms with van der Waals surface area (Å²) in [6, 6.07) is 8.44. The van der Waals surface area contributed by atoms with Gasteiger partial charge in [-0.25, -0.2) is 13.1 Å². The van der Waals surface area contributed by atoms with Crippen molar-refractivity contribution in [3.05, 3.63) is 53.3 Å². The van der Waals surface area contributed by atoms with Crippen molar-refractivity contribution in [1.29, 1.82) is 0 Å². The van der Waals surface area contributed by atoms with Crippen LogP contribution in [0.25, 0.3) is 0 Å². The van der Waals surface area contributed by atoms with E-state index in [1.165, 1.54) is 6.07 Å². The molecule has 0 fully saturated rings. The minimum Gasteiger partial charge on any atom is -0.399 e. The predicted molar refractivity (Wildman–Crippen MR) is 78.6 cm³/mol. The minimum atomic E-state index is -3.57. The first-order valence-corrected chi connectivity index (χ1v) is 7.65. The molecule has 0 atom stereocenters. The SMILES string of the molecule is Cc1cc(N)ccc1S(=O)(=O)NCc1ncccc1C. The molecule has 0 saturated heterocycles. The summed E-state index contributed by atoms with van der Waals surface area (Å²) in [5, 5.41) is 0. The van der Waals surface area contributed by atoms with Crippen molar-refractivity contribution >= 4 is 15.7 Å². The Hall–Kier alpha value is -1.92. The molecule has 1 aromatic heterocycles. The van der Waals surface area contributed by atoms with Crippen molar-refractivity contribution in [2.45, 2.75) is 25.3 Å². The number of nitrogens with one attached hydrogen (secondary N) is 1. The number of hydrogen-bond acceptors (Lipinski definition) is 4. The van der Waals surface area contributed by atoms with E-state index in [0.29, 0.717) is 16.9 Å². The topological polar surface area (TPSA) is 85.1 Å². The predicted octanol–water partition coefficient (Wildman–Crippen LogP) is 1.76. The Labute approximate surface area is 118 Å². The Kier molecular flexibility index (Phi) is 4.06. The van der Waals surface area contributed by atoms with Gasteiger partial charge in [-0.05, 0) is 49.2 Å². The molecule has 0 unspecified atom stereocenters. The zero-order chi connectivity index (χ0) is 14.8. The molecule has 106 valence electrons. The summed E-state index contributed by atoms with van der Waals surface area (Å²) < 4.78 is 27.1. The van der Waals surface area contributed by atoms with Gasteiger partial charge in [0.15, 0.2) is 0 Å². The first-order chi connectivity index (χ1) is 9.40. The van der Waals surface area contributed by atoms with Crippen molar-refractivity contribution < 1.29 is 8.42 Å². The molecule has 0 aliphatic carbocycles. The highest BCUT2D eigenvalue weighted by atomic mass is 32.2. The van der Waals surface area contributed by atoms with E-state index in [1.807, 2.05) is 19.1 Å². The molecule has 2 rings (SSSR count). The quantitative estimate of drug-likeness (QED) is 0.841. The number of sulfonamides is 1. The van der Waals surface area contributed by atoms with Crippen LogP contribution in [0.1, 0.15) is 16.8 Å².